The zero-order valence-electron chi connectivity index (χ0n) is 25.4. The van der Waals surface area contributed by atoms with Crippen LogP contribution in [0.3, 0.4) is 0 Å². The molecule has 44 heavy (non-hydrogen) atoms. The minimum Gasteiger partial charge on any atom is -0.399 e. The second-order valence-corrected chi connectivity index (χ2v) is 12.7. The van der Waals surface area contributed by atoms with Gasteiger partial charge in [-0.2, -0.15) is 9.97 Å². The summed E-state index contributed by atoms with van der Waals surface area (Å²) in [6, 6.07) is 29.5. The highest BCUT2D eigenvalue weighted by atomic mass is 16.7. The third kappa shape index (κ3) is 4.30. The molecule has 0 unspecified atom stereocenters. The highest BCUT2D eigenvalue weighted by Crippen LogP contribution is 2.39. The number of aromatic nitrogens is 4. The zero-order valence-corrected chi connectivity index (χ0v) is 25.4. The Morgan fingerprint density at radius 2 is 1.43 bits per heavy atom. The Kier molecular flexibility index (Phi) is 6.12. The highest BCUT2D eigenvalue weighted by molar-refractivity contribution is 6.62. The number of rotatable bonds is 4. The van der Waals surface area contributed by atoms with E-state index in [4.69, 9.17) is 24.3 Å². The van der Waals surface area contributed by atoms with Gasteiger partial charge in [-0.1, -0.05) is 91.0 Å². The molecule has 1 aliphatic heterocycles. The third-order valence-electron chi connectivity index (χ3n) is 9.31. The summed E-state index contributed by atoms with van der Waals surface area (Å²) in [5.41, 5.74) is 4.16. The standard InChI is InChI=1S/C37H33BN4O2/c1-36(2)37(3,4)44-38(43-36)27-20-22-30-29(23-27)32-28-18-12-11-13-24(28)19-21-31(32)42(30)35-40-33(25-14-7-5-8-15-25)39-34(41-35)26-16-9-6-10-17-26/h5,7-9,11-23H,6,10H2,1-4H3. The summed E-state index contributed by atoms with van der Waals surface area (Å²) in [5.74, 6) is 1.91. The lowest BCUT2D eigenvalue weighted by atomic mass is 9.78. The molecule has 0 atom stereocenters. The van der Waals surface area contributed by atoms with E-state index >= 15 is 0 Å². The molecule has 2 aliphatic rings. The molecule has 7 heteroatoms. The molecule has 3 heterocycles. The molecule has 6 aromatic rings. The highest BCUT2D eigenvalue weighted by Gasteiger charge is 2.51. The summed E-state index contributed by atoms with van der Waals surface area (Å²) in [4.78, 5) is 15.2. The van der Waals surface area contributed by atoms with E-state index in [1.807, 2.05) is 30.3 Å². The van der Waals surface area contributed by atoms with E-state index in [1.54, 1.807) is 0 Å². The second-order valence-electron chi connectivity index (χ2n) is 12.7. The molecule has 0 bridgehead atoms. The smallest absolute Gasteiger partial charge is 0.399 e. The van der Waals surface area contributed by atoms with Crippen molar-refractivity contribution < 1.29 is 9.31 Å². The van der Waals surface area contributed by atoms with Crippen LogP contribution in [0, 0.1) is 0 Å². The maximum Gasteiger partial charge on any atom is 0.494 e. The Morgan fingerprint density at radius 1 is 0.705 bits per heavy atom. The van der Waals surface area contributed by atoms with E-state index in [1.165, 1.54) is 10.8 Å². The van der Waals surface area contributed by atoms with E-state index in [0.717, 1.165) is 51.2 Å². The number of hydrogen-bond acceptors (Lipinski definition) is 5. The molecule has 4 aromatic carbocycles. The van der Waals surface area contributed by atoms with E-state index in [2.05, 4.69) is 105 Å². The van der Waals surface area contributed by atoms with Crippen LogP contribution in [0.1, 0.15) is 46.4 Å². The molecule has 0 spiro atoms. The molecule has 216 valence electrons. The fourth-order valence-electron chi connectivity index (χ4n) is 6.24. The topological polar surface area (TPSA) is 62.1 Å². The van der Waals surface area contributed by atoms with E-state index in [9.17, 15) is 0 Å². The first-order chi connectivity index (χ1) is 21.3. The first kappa shape index (κ1) is 27.0. The molecular weight excluding hydrogens is 543 g/mol. The van der Waals surface area contributed by atoms with Gasteiger partial charge in [-0.05, 0) is 68.9 Å². The first-order valence-corrected chi connectivity index (χ1v) is 15.3. The first-order valence-electron chi connectivity index (χ1n) is 15.3. The molecule has 8 rings (SSSR count). The lowest BCUT2D eigenvalue weighted by molar-refractivity contribution is 0.00578. The molecule has 0 amide bonds. The molecule has 1 fully saturated rings. The van der Waals surface area contributed by atoms with Crippen LogP contribution in [-0.2, 0) is 9.31 Å². The van der Waals surface area contributed by atoms with Crippen molar-refractivity contribution >= 4 is 50.7 Å². The summed E-state index contributed by atoms with van der Waals surface area (Å²) in [7, 11) is -0.462. The lowest BCUT2D eigenvalue weighted by Gasteiger charge is -2.32. The van der Waals surface area contributed by atoms with E-state index in [-0.39, 0.29) is 0 Å². The predicted molar refractivity (Wildman–Crippen MR) is 179 cm³/mol. The van der Waals surface area contributed by atoms with Crippen molar-refractivity contribution in [3.05, 3.63) is 109 Å². The van der Waals surface area contributed by atoms with Gasteiger partial charge in [0.05, 0.1) is 22.2 Å². The molecule has 1 aliphatic carbocycles. The average molecular weight is 577 g/mol. The molecule has 2 aromatic heterocycles. The van der Waals surface area contributed by atoms with Gasteiger partial charge < -0.3 is 9.31 Å². The summed E-state index contributed by atoms with van der Waals surface area (Å²) in [6.07, 6.45) is 8.51. The van der Waals surface area contributed by atoms with Crippen molar-refractivity contribution in [1.82, 2.24) is 19.5 Å². The predicted octanol–water partition coefficient (Wildman–Crippen LogP) is 7.82. The maximum atomic E-state index is 6.46. The van der Waals surface area contributed by atoms with Crippen LogP contribution < -0.4 is 5.46 Å². The van der Waals surface area contributed by atoms with Crippen molar-refractivity contribution in [2.75, 3.05) is 0 Å². The summed E-state index contributed by atoms with van der Waals surface area (Å²) >= 11 is 0. The van der Waals surface area contributed by atoms with Gasteiger partial charge in [0.1, 0.15) is 0 Å². The molecule has 6 nitrogen and oxygen atoms in total. The Hall–Kier alpha value is -4.59. The van der Waals surface area contributed by atoms with Crippen molar-refractivity contribution in [3.8, 4) is 17.3 Å². The Balaban J connectivity index is 1.41. The minimum absolute atomic E-state index is 0.426. The zero-order chi connectivity index (χ0) is 30.1. The minimum atomic E-state index is -0.462. The van der Waals surface area contributed by atoms with Crippen LogP contribution in [-0.4, -0.2) is 37.8 Å². The van der Waals surface area contributed by atoms with E-state index < -0.39 is 18.3 Å². The molecule has 1 saturated heterocycles. The van der Waals surface area contributed by atoms with Gasteiger partial charge in [0.25, 0.3) is 0 Å². The number of hydrogen-bond donors (Lipinski definition) is 0. The van der Waals surface area contributed by atoms with Crippen LogP contribution in [0.4, 0.5) is 0 Å². The largest absolute Gasteiger partial charge is 0.494 e. The van der Waals surface area contributed by atoms with Gasteiger partial charge in [0.2, 0.25) is 5.95 Å². The van der Waals surface area contributed by atoms with Crippen LogP contribution in [0.5, 0.6) is 0 Å². The van der Waals surface area contributed by atoms with Crippen molar-refractivity contribution in [2.24, 2.45) is 0 Å². The summed E-state index contributed by atoms with van der Waals surface area (Å²) < 4.78 is 15.1. The van der Waals surface area contributed by atoms with Crippen molar-refractivity contribution in [2.45, 2.75) is 51.7 Å². The van der Waals surface area contributed by atoms with Gasteiger partial charge in [-0.15, -0.1) is 0 Å². The fourth-order valence-corrected chi connectivity index (χ4v) is 6.24. The summed E-state index contributed by atoms with van der Waals surface area (Å²) in [5, 5.41) is 4.61. The van der Waals surface area contributed by atoms with Gasteiger partial charge in [-0.25, -0.2) is 4.98 Å². The average Bonchev–Trinajstić information content (AvgIpc) is 3.50. The SMILES string of the molecule is CC1(C)OB(c2ccc3c(c2)c2c4ccccc4ccc2n3-c2nc(C3=CCCC=C3)nc(-c3ccccc3)n2)OC1(C)C. The lowest BCUT2D eigenvalue weighted by Crippen LogP contribution is -2.41. The van der Waals surface area contributed by atoms with Crippen LogP contribution >= 0.6 is 0 Å². The molecular formula is C37H33BN4O2. The molecule has 0 radical (unpaired) electrons. The quantitative estimate of drug-likeness (QED) is 0.200. The molecule has 0 N–H and O–H groups in total. The fraction of sp³-hybridized carbons (Fsp3) is 0.216. The van der Waals surface area contributed by atoms with Gasteiger partial charge in [0.15, 0.2) is 11.6 Å². The molecule has 0 saturated carbocycles. The van der Waals surface area contributed by atoms with Gasteiger partial charge in [-0.3, -0.25) is 4.57 Å². The normalized spacial score (nSPS) is 17.5. The summed E-state index contributed by atoms with van der Waals surface area (Å²) in [6.45, 7) is 8.35. The number of nitrogens with zero attached hydrogens (tertiary/aromatic N) is 4. The van der Waals surface area contributed by atoms with Crippen molar-refractivity contribution in [3.63, 3.8) is 0 Å². The number of allylic oxidation sites excluding steroid dienone is 4. The van der Waals surface area contributed by atoms with Gasteiger partial charge in [0, 0.05) is 21.9 Å². The van der Waals surface area contributed by atoms with Crippen LogP contribution in [0.2, 0.25) is 0 Å². The number of benzene rings is 4. The second kappa shape index (κ2) is 9.98. The monoisotopic (exact) mass is 576 g/mol. The maximum absolute atomic E-state index is 6.46. The van der Waals surface area contributed by atoms with Gasteiger partial charge >= 0.3 is 7.12 Å². The van der Waals surface area contributed by atoms with Crippen molar-refractivity contribution in [1.29, 1.82) is 0 Å². The Morgan fingerprint density at radius 3 is 2.20 bits per heavy atom. The Bertz CT molecular complexity index is 2130. The number of fused-ring (bicyclic) bond motifs is 5. The van der Waals surface area contributed by atoms with Crippen LogP contribution in [0.15, 0.2) is 103 Å². The Labute approximate surface area is 257 Å². The third-order valence-corrected chi connectivity index (χ3v) is 9.31. The van der Waals surface area contributed by atoms with Crippen LogP contribution in [0.25, 0.3) is 55.5 Å². The van der Waals surface area contributed by atoms with E-state index in [0.29, 0.717) is 17.6 Å².